The van der Waals surface area contributed by atoms with Gasteiger partial charge >= 0.3 is 5.97 Å². The first kappa shape index (κ1) is 14.0. The molecule has 6 nitrogen and oxygen atoms in total. The third kappa shape index (κ3) is 2.93. The molecule has 0 saturated heterocycles. The smallest absolute Gasteiger partial charge is 0.303 e. The van der Waals surface area contributed by atoms with Gasteiger partial charge in [-0.1, -0.05) is 26.7 Å². The van der Waals surface area contributed by atoms with Gasteiger partial charge in [-0.3, -0.25) is 4.79 Å². The molecule has 1 unspecified atom stereocenters. The van der Waals surface area contributed by atoms with Gasteiger partial charge in [-0.15, -0.1) is 5.10 Å². The Hall–Kier alpha value is -1.46. The van der Waals surface area contributed by atoms with Crippen LogP contribution in [-0.4, -0.2) is 31.3 Å². The molecule has 1 aliphatic carbocycles. The van der Waals surface area contributed by atoms with E-state index in [2.05, 4.69) is 22.4 Å². The van der Waals surface area contributed by atoms with Gasteiger partial charge in [-0.25, -0.2) is 4.68 Å². The summed E-state index contributed by atoms with van der Waals surface area (Å²) in [5.74, 6) is 0.216. The monoisotopic (exact) mass is 266 g/mol. The Morgan fingerprint density at radius 3 is 2.74 bits per heavy atom. The summed E-state index contributed by atoms with van der Waals surface area (Å²) < 4.78 is 1.82. The molecule has 1 fully saturated rings. The molecule has 0 radical (unpaired) electrons. The third-order valence-electron chi connectivity index (χ3n) is 4.25. The van der Waals surface area contributed by atoms with E-state index in [1.165, 1.54) is 12.8 Å². The number of carboxylic acid groups (broad SMARTS) is 1. The van der Waals surface area contributed by atoms with E-state index in [-0.39, 0.29) is 17.8 Å². The molecule has 1 atom stereocenters. The van der Waals surface area contributed by atoms with Crippen molar-refractivity contribution in [3.8, 4) is 0 Å². The highest BCUT2D eigenvalue weighted by molar-refractivity contribution is 5.66. The minimum absolute atomic E-state index is 0.0371. The van der Waals surface area contributed by atoms with Crippen molar-refractivity contribution in [2.24, 2.45) is 5.92 Å². The molecule has 2 rings (SSSR count). The van der Waals surface area contributed by atoms with E-state index in [4.69, 9.17) is 5.11 Å². The Kier molecular flexibility index (Phi) is 4.17. The fourth-order valence-electron chi connectivity index (χ4n) is 3.15. The minimum Gasteiger partial charge on any atom is -0.481 e. The number of nitrogens with zero attached hydrogens (tertiary/aromatic N) is 4. The summed E-state index contributed by atoms with van der Waals surface area (Å²) in [5.41, 5.74) is 0.104. The van der Waals surface area contributed by atoms with Crippen LogP contribution in [0, 0.1) is 5.92 Å². The van der Waals surface area contributed by atoms with Crippen LogP contribution in [0.25, 0.3) is 0 Å². The van der Waals surface area contributed by atoms with Gasteiger partial charge in [0, 0.05) is 18.4 Å². The summed E-state index contributed by atoms with van der Waals surface area (Å²) in [7, 11) is 0. The van der Waals surface area contributed by atoms with E-state index < -0.39 is 5.97 Å². The van der Waals surface area contributed by atoms with Gasteiger partial charge in [0.25, 0.3) is 0 Å². The summed E-state index contributed by atoms with van der Waals surface area (Å²) >= 11 is 0. The molecule has 0 bridgehead atoms. The van der Waals surface area contributed by atoms with Gasteiger partial charge in [0.1, 0.15) is 0 Å². The Morgan fingerprint density at radius 1 is 1.47 bits per heavy atom. The van der Waals surface area contributed by atoms with Gasteiger partial charge in [0.05, 0.1) is 0 Å². The molecule has 19 heavy (non-hydrogen) atoms. The highest BCUT2D eigenvalue weighted by Gasteiger charge is 2.38. The van der Waals surface area contributed by atoms with Crippen molar-refractivity contribution in [2.75, 3.05) is 0 Å². The number of hydrogen-bond donors (Lipinski definition) is 1. The van der Waals surface area contributed by atoms with Crippen LogP contribution >= 0.6 is 0 Å². The first-order valence-electron chi connectivity index (χ1n) is 7.06. The lowest BCUT2D eigenvalue weighted by atomic mass is 9.82. The van der Waals surface area contributed by atoms with Crippen LogP contribution in [0.2, 0.25) is 0 Å². The van der Waals surface area contributed by atoms with Crippen molar-refractivity contribution in [1.29, 1.82) is 0 Å². The minimum atomic E-state index is -0.770. The normalized spacial score (nSPS) is 19.5. The van der Waals surface area contributed by atoms with Crippen molar-refractivity contribution in [3.05, 3.63) is 5.82 Å². The molecule has 1 aromatic heterocycles. The Balaban J connectivity index is 2.15. The lowest BCUT2D eigenvalue weighted by Crippen LogP contribution is -2.28. The summed E-state index contributed by atoms with van der Waals surface area (Å²) in [6, 6.07) is 0. The van der Waals surface area contributed by atoms with Crippen LogP contribution in [0.3, 0.4) is 0 Å². The van der Waals surface area contributed by atoms with E-state index in [1.807, 2.05) is 11.6 Å². The lowest BCUT2D eigenvalue weighted by Gasteiger charge is -2.26. The molecule has 0 spiro atoms. The first-order valence-corrected chi connectivity index (χ1v) is 7.06. The number of tetrazole rings is 1. The van der Waals surface area contributed by atoms with E-state index >= 15 is 0 Å². The molecule has 1 aromatic rings. The van der Waals surface area contributed by atoms with Crippen molar-refractivity contribution in [2.45, 2.75) is 64.3 Å². The highest BCUT2D eigenvalue weighted by Crippen LogP contribution is 2.42. The molecule has 1 aliphatic rings. The second-order valence-electron chi connectivity index (χ2n) is 5.73. The molecule has 106 valence electrons. The first-order chi connectivity index (χ1) is 9.07. The Morgan fingerprint density at radius 2 is 2.16 bits per heavy atom. The van der Waals surface area contributed by atoms with Crippen LogP contribution in [0.4, 0.5) is 0 Å². The Labute approximate surface area is 113 Å². The average Bonchev–Trinajstić information content (AvgIpc) is 2.96. The van der Waals surface area contributed by atoms with Crippen molar-refractivity contribution in [1.82, 2.24) is 20.2 Å². The zero-order valence-corrected chi connectivity index (χ0v) is 11.7. The van der Waals surface area contributed by atoms with E-state index in [0.717, 1.165) is 25.1 Å². The zero-order valence-electron chi connectivity index (χ0n) is 11.7. The highest BCUT2D eigenvalue weighted by atomic mass is 16.4. The van der Waals surface area contributed by atoms with Gasteiger partial charge in [0.15, 0.2) is 5.82 Å². The maximum Gasteiger partial charge on any atom is 0.303 e. The topological polar surface area (TPSA) is 80.9 Å². The predicted octanol–water partition coefficient (Wildman–Crippen LogP) is 2.01. The van der Waals surface area contributed by atoms with E-state index in [0.29, 0.717) is 6.54 Å². The number of aromatic nitrogens is 4. The molecule has 1 N–H and O–H groups in total. The molecule has 1 heterocycles. The summed E-state index contributed by atoms with van der Waals surface area (Å²) in [6.07, 6.45) is 5.92. The lowest BCUT2D eigenvalue weighted by molar-refractivity contribution is -0.138. The van der Waals surface area contributed by atoms with Crippen LogP contribution in [-0.2, 0) is 16.8 Å². The van der Waals surface area contributed by atoms with Gasteiger partial charge in [-0.2, -0.15) is 0 Å². The third-order valence-corrected chi connectivity index (χ3v) is 4.25. The van der Waals surface area contributed by atoms with Gasteiger partial charge < -0.3 is 5.11 Å². The SMILES string of the molecule is CCC1(c2nnnn2CC(C)CC(=O)O)CCCC1. The van der Waals surface area contributed by atoms with Crippen LogP contribution in [0.5, 0.6) is 0 Å². The molecule has 0 aliphatic heterocycles. The van der Waals surface area contributed by atoms with Crippen molar-refractivity contribution < 1.29 is 9.90 Å². The summed E-state index contributed by atoms with van der Waals surface area (Å²) in [6.45, 7) is 4.69. The summed E-state index contributed by atoms with van der Waals surface area (Å²) in [5, 5.41) is 20.9. The Bertz CT molecular complexity index is 438. The second-order valence-corrected chi connectivity index (χ2v) is 5.73. The van der Waals surface area contributed by atoms with E-state index in [9.17, 15) is 4.79 Å². The molecule has 0 aromatic carbocycles. The number of hydrogen-bond acceptors (Lipinski definition) is 4. The fraction of sp³-hybridized carbons (Fsp3) is 0.846. The molecule has 0 amide bonds. The summed E-state index contributed by atoms with van der Waals surface area (Å²) in [4.78, 5) is 10.7. The van der Waals surface area contributed by atoms with Crippen LogP contribution < -0.4 is 0 Å². The maximum absolute atomic E-state index is 10.7. The number of carbonyl (C=O) groups is 1. The van der Waals surface area contributed by atoms with E-state index in [1.54, 1.807) is 0 Å². The molecule has 1 saturated carbocycles. The average molecular weight is 266 g/mol. The van der Waals surface area contributed by atoms with Crippen molar-refractivity contribution >= 4 is 5.97 Å². The van der Waals surface area contributed by atoms with Gasteiger partial charge in [-0.05, 0) is 35.6 Å². The number of rotatable bonds is 6. The predicted molar refractivity (Wildman–Crippen MR) is 69.7 cm³/mol. The van der Waals surface area contributed by atoms with Gasteiger partial charge in [0.2, 0.25) is 0 Å². The number of carboxylic acids is 1. The zero-order chi connectivity index (χ0) is 13.9. The largest absolute Gasteiger partial charge is 0.481 e. The van der Waals surface area contributed by atoms with Crippen LogP contribution in [0.1, 0.15) is 58.2 Å². The standard InChI is InChI=1S/C13H22N4O2/c1-3-13(6-4-5-7-13)12-14-15-16-17(12)9-10(2)8-11(18)19/h10H,3-9H2,1-2H3,(H,18,19). The maximum atomic E-state index is 10.7. The molecular weight excluding hydrogens is 244 g/mol. The van der Waals surface area contributed by atoms with Crippen molar-refractivity contribution in [3.63, 3.8) is 0 Å². The quantitative estimate of drug-likeness (QED) is 0.851. The second kappa shape index (κ2) is 5.67. The number of aliphatic carboxylic acids is 1. The van der Waals surface area contributed by atoms with Crippen LogP contribution in [0.15, 0.2) is 0 Å². The fourth-order valence-corrected chi connectivity index (χ4v) is 3.15. The molecule has 6 heteroatoms. The molecular formula is C13H22N4O2.